The van der Waals surface area contributed by atoms with Crippen molar-refractivity contribution in [1.82, 2.24) is 14.9 Å². The number of para-hydroxylation sites is 1. The highest BCUT2D eigenvalue weighted by Crippen LogP contribution is 2.24. The van der Waals surface area contributed by atoms with Gasteiger partial charge < -0.3 is 15.2 Å². The molecule has 0 saturated heterocycles. The summed E-state index contributed by atoms with van der Waals surface area (Å²) in [5.41, 5.74) is 3.23. The molecule has 2 aromatic rings. The SMILES string of the molecule is CCc1ccccc1NC(=O)c1nc(C(=O)NC2CCCCC2)c2n1CCCC2. The number of carbonyl (C=O) groups is 2. The number of rotatable bonds is 5. The molecule has 4 rings (SSSR count). The Morgan fingerprint density at radius 3 is 2.66 bits per heavy atom. The Bertz CT molecular complexity index is 896. The minimum absolute atomic E-state index is 0.129. The van der Waals surface area contributed by atoms with Crippen LogP contribution in [0.15, 0.2) is 24.3 Å². The fraction of sp³-hybridized carbons (Fsp3) is 0.522. The molecular weight excluding hydrogens is 364 g/mol. The third kappa shape index (κ3) is 4.21. The van der Waals surface area contributed by atoms with Crippen molar-refractivity contribution < 1.29 is 9.59 Å². The molecule has 6 nitrogen and oxygen atoms in total. The third-order valence-electron chi connectivity index (χ3n) is 6.12. The highest BCUT2D eigenvalue weighted by atomic mass is 16.2. The van der Waals surface area contributed by atoms with E-state index in [2.05, 4.69) is 22.5 Å². The average Bonchev–Trinajstić information content (AvgIpc) is 3.15. The van der Waals surface area contributed by atoms with Gasteiger partial charge in [-0.15, -0.1) is 0 Å². The van der Waals surface area contributed by atoms with Crippen LogP contribution in [0.2, 0.25) is 0 Å². The van der Waals surface area contributed by atoms with Crippen LogP contribution in [0.25, 0.3) is 0 Å². The van der Waals surface area contributed by atoms with Crippen molar-refractivity contribution in [2.45, 2.75) is 77.3 Å². The van der Waals surface area contributed by atoms with Crippen LogP contribution in [0.1, 0.15) is 84.2 Å². The van der Waals surface area contributed by atoms with Crippen LogP contribution in [-0.2, 0) is 19.4 Å². The number of aromatic nitrogens is 2. The lowest BCUT2D eigenvalue weighted by Crippen LogP contribution is -2.37. The average molecular weight is 395 g/mol. The molecule has 0 unspecified atom stereocenters. The number of hydrogen-bond acceptors (Lipinski definition) is 3. The third-order valence-corrected chi connectivity index (χ3v) is 6.12. The maximum atomic E-state index is 13.1. The molecule has 1 aliphatic carbocycles. The zero-order chi connectivity index (χ0) is 20.2. The van der Waals surface area contributed by atoms with Gasteiger partial charge in [0.1, 0.15) is 5.69 Å². The first-order chi connectivity index (χ1) is 14.2. The first-order valence-electron chi connectivity index (χ1n) is 11.0. The molecule has 29 heavy (non-hydrogen) atoms. The number of imidazole rings is 1. The lowest BCUT2D eigenvalue weighted by molar-refractivity contribution is 0.0921. The van der Waals surface area contributed by atoms with Crippen LogP contribution < -0.4 is 10.6 Å². The van der Waals surface area contributed by atoms with E-state index in [1.807, 2.05) is 28.8 Å². The summed E-state index contributed by atoms with van der Waals surface area (Å²) in [7, 11) is 0. The van der Waals surface area contributed by atoms with Gasteiger partial charge >= 0.3 is 0 Å². The fourth-order valence-corrected chi connectivity index (χ4v) is 4.53. The molecule has 2 heterocycles. The van der Waals surface area contributed by atoms with Gasteiger partial charge in [-0.05, 0) is 50.2 Å². The molecular formula is C23H30N4O2. The minimum Gasteiger partial charge on any atom is -0.348 e. The largest absolute Gasteiger partial charge is 0.348 e. The molecule has 1 aromatic carbocycles. The second-order valence-corrected chi connectivity index (χ2v) is 8.11. The molecule has 154 valence electrons. The molecule has 1 aliphatic heterocycles. The van der Waals surface area contributed by atoms with Crippen molar-refractivity contribution in [3.05, 3.63) is 47.0 Å². The van der Waals surface area contributed by atoms with Crippen molar-refractivity contribution in [2.75, 3.05) is 5.32 Å². The van der Waals surface area contributed by atoms with Gasteiger partial charge in [0.15, 0.2) is 5.82 Å². The van der Waals surface area contributed by atoms with Gasteiger partial charge in [0.05, 0.1) is 5.69 Å². The fourth-order valence-electron chi connectivity index (χ4n) is 4.53. The molecule has 0 spiro atoms. The summed E-state index contributed by atoms with van der Waals surface area (Å²) in [4.78, 5) is 30.6. The van der Waals surface area contributed by atoms with Gasteiger partial charge in [-0.25, -0.2) is 4.98 Å². The predicted molar refractivity (Wildman–Crippen MR) is 113 cm³/mol. The van der Waals surface area contributed by atoms with Crippen molar-refractivity contribution in [2.24, 2.45) is 0 Å². The van der Waals surface area contributed by atoms with E-state index < -0.39 is 0 Å². The highest BCUT2D eigenvalue weighted by molar-refractivity contribution is 6.04. The Hall–Kier alpha value is -2.63. The Balaban J connectivity index is 1.58. The zero-order valence-corrected chi connectivity index (χ0v) is 17.2. The van der Waals surface area contributed by atoms with Gasteiger partial charge in [0.25, 0.3) is 11.8 Å². The quantitative estimate of drug-likeness (QED) is 0.802. The lowest BCUT2D eigenvalue weighted by Gasteiger charge is -2.23. The van der Waals surface area contributed by atoms with E-state index in [1.165, 1.54) is 6.42 Å². The number of carbonyl (C=O) groups excluding carboxylic acids is 2. The van der Waals surface area contributed by atoms with Gasteiger partial charge in [0, 0.05) is 18.3 Å². The van der Waals surface area contributed by atoms with Gasteiger partial charge in [-0.2, -0.15) is 0 Å². The Morgan fingerprint density at radius 2 is 1.86 bits per heavy atom. The van der Waals surface area contributed by atoms with Crippen LogP contribution in [0, 0.1) is 0 Å². The van der Waals surface area contributed by atoms with E-state index in [-0.39, 0.29) is 17.9 Å². The summed E-state index contributed by atoms with van der Waals surface area (Å²) in [5.74, 6) is -0.0271. The second-order valence-electron chi connectivity index (χ2n) is 8.11. The minimum atomic E-state index is -0.245. The summed E-state index contributed by atoms with van der Waals surface area (Å²) >= 11 is 0. The van der Waals surface area contributed by atoms with Crippen LogP contribution >= 0.6 is 0 Å². The van der Waals surface area contributed by atoms with E-state index in [1.54, 1.807) is 0 Å². The molecule has 2 N–H and O–H groups in total. The summed E-state index contributed by atoms with van der Waals surface area (Å²) < 4.78 is 1.95. The molecule has 1 saturated carbocycles. The van der Waals surface area contributed by atoms with Crippen LogP contribution in [0.4, 0.5) is 5.69 Å². The van der Waals surface area contributed by atoms with Crippen molar-refractivity contribution in [3.63, 3.8) is 0 Å². The van der Waals surface area contributed by atoms with E-state index in [0.717, 1.165) is 74.9 Å². The first kappa shape index (κ1) is 19.7. The molecule has 0 bridgehead atoms. The molecule has 2 aliphatic rings. The first-order valence-corrected chi connectivity index (χ1v) is 11.0. The van der Waals surface area contributed by atoms with Crippen LogP contribution in [0.3, 0.4) is 0 Å². The maximum absolute atomic E-state index is 13.1. The number of benzene rings is 1. The summed E-state index contributed by atoms with van der Waals surface area (Å²) in [6.07, 6.45) is 9.29. The Morgan fingerprint density at radius 1 is 1.07 bits per heavy atom. The van der Waals surface area contributed by atoms with E-state index in [0.29, 0.717) is 11.5 Å². The van der Waals surface area contributed by atoms with Crippen LogP contribution in [-0.4, -0.2) is 27.4 Å². The topological polar surface area (TPSA) is 76.0 Å². The van der Waals surface area contributed by atoms with Gasteiger partial charge in [0.2, 0.25) is 0 Å². The van der Waals surface area contributed by atoms with E-state index in [9.17, 15) is 9.59 Å². The Labute approximate surface area is 172 Å². The van der Waals surface area contributed by atoms with E-state index >= 15 is 0 Å². The zero-order valence-electron chi connectivity index (χ0n) is 17.2. The number of nitrogens with one attached hydrogen (secondary N) is 2. The summed E-state index contributed by atoms with van der Waals surface area (Å²) in [6, 6.07) is 8.04. The normalized spacial score (nSPS) is 16.9. The number of amides is 2. The number of hydrogen-bond donors (Lipinski definition) is 2. The van der Waals surface area contributed by atoms with E-state index in [4.69, 9.17) is 0 Å². The molecule has 2 amide bonds. The van der Waals surface area contributed by atoms with Gasteiger partial charge in [-0.3, -0.25) is 9.59 Å². The lowest BCUT2D eigenvalue weighted by atomic mass is 9.95. The second kappa shape index (κ2) is 8.80. The number of aryl methyl sites for hydroxylation is 1. The van der Waals surface area contributed by atoms with Crippen molar-refractivity contribution >= 4 is 17.5 Å². The van der Waals surface area contributed by atoms with Crippen LogP contribution in [0.5, 0.6) is 0 Å². The van der Waals surface area contributed by atoms with Crippen molar-refractivity contribution in [3.8, 4) is 0 Å². The van der Waals surface area contributed by atoms with Gasteiger partial charge in [-0.1, -0.05) is 44.4 Å². The molecule has 0 radical (unpaired) electrons. The summed E-state index contributed by atoms with van der Waals surface area (Å²) in [6.45, 7) is 2.80. The standard InChI is InChI=1S/C23H30N4O2/c1-2-16-10-6-7-13-18(16)25-23(29)21-26-20(19-14-8-9-15-27(19)21)22(28)24-17-11-4-3-5-12-17/h6-7,10,13,17H,2-5,8-9,11-12,14-15H2,1H3,(H,24,28)(H,25,29). The molecule has 6 heteroatoms. The molecule has 0 atom stereocenters. The number of fused-ring (bicyclic) bond motifs is 1. The monoisotopic (exact) mass is 394 g/mol. The maximum Gasteiger partial charge on any atom is 0.291 e. The number of nitrogens with zero attached hydrogens (tertiary/aromatic N) is 2. The smallest absolute Gasteiger partial charge is 0.291 e. The Kier molecular flexibility index (Phi) is 5.97. The highest BCUT2D eigenvalue weighted by Gasteiger charge is 2.29. The summed E-state index contributed by atoms with van der Waals surface area (Å²) in [5, 5.41) is 6.17. The number of anilines is 1. The predicted octanol–water partition coefficient (Wildman–Crippen LogP) is 4.10. The van der Waals surface area contributed by atoms with Crippen molar-refractivity contribution in [1.29, 1.82) is 0 Å². The molecule has 1 aromatic heterocycles. The molecule has 1 fully saturated rings.